The fraction of sp³-hybridized carbons (Fsp3) is 0.267. The van der Waals surface area contributed by atoms with Crippen molar-refractivity contribution in [3.63, 3.8) is 0 Å². The number of pyridine rings is 1. The topological polar surface area (TPSA) is 71.1 Å². The van der Waals surface area contributed by atoms with Crippen LogP contribution in [0.1, 0.15) is 24.1 Å². The third kappa shape index (κ3) is 3.80. The minimum absolute atomic E-state index is 0.0812. The number of sulfonamides is 1. The van der Waals surface area contributed by atoms with E-state index in [0.29, 0.717) is 5.82 Å². The van der Waals surface area contributed by atoms with Gasteiger partial charge in [0, 0.05) is 12.2 Å². The van der Waals surface area contributed by atoms with Crippen LogP contribution in [0.2, 0.25) is 0 Å². The Hall–Kier alpha value is -1.92. The molecule has 1 aromatic carbocycles. The van der Waals surface area contributed by atoms with E-state index < -0.39 is 10.0 Å². The highest BCUT2D eigenvalue weighted by atomic mass is 32.2. The number of hydrogen-bond acceptors (Lipinski definition) is 4. The number of benzene rings is 1. The van der Waals surface area contributed by atoms with Gasteiger partial charge in [-0.2, -0.15) is 0 Å². The van der Waals surface area contributed by atoms with Gasteiger partial charge >= 0.3 is 0 Å². The number of anilines is 1. The van der Waals surface area contributed by atoms with Gasteiger partial charge in [0.1, 0.15) is 5.82 Å². The Balaban J connectivity index is 2.29. The average molecular weight is 305 g/mol. The van der Waals surface area contributed by atoms with E-state index in [1.807, 2.05) is 33.0 Å². The summed E-state index contributed by atoms with van der Waals surface area (Å²) in [6, 6.07) is 10.4. The molecule has 0 aliphatic carbocycles. The minimum Gasteiger partial charge on any atom is -0.313 e. The van der Waals surface area contributed by atoms with Crippen LogP contribution in [0.4, 0.5) is 5.82 Å². The molecule has 6 heteroatoms. The van der Waals surface area contributed by atoms with Crippen molar-refractivity contribution < 1.29 is 8.42 Å². The zero-order valence-corrected chi connectivity index (χ0v) is 13.1. The van der Waals surface area contributed by atoms with Crippen LogP contribution in [0.15, 0.2) is 47.5 Å². The standard InChI is InChI=1S/C15H19N3O2S/c1-11-7-8-15(17-10-11)18-21(19,20)14-6-4-5-13(9-14)12(2)16-3/h4-10,12,16H,1-3H3,(H,17,18). The first-order valence-corrected chi connectivity index (χ1v) is 8.13. The van der Waals surface area contributed by atoms with Crippen molar-refractivity contribution in [3.05, 3.63) is 53.7 Å². The van der Waals surface area contributed by atoms with Crippen molar-refractivity contribution >= 4 is 15.8 Å². The number of rotatable bonds is 5. The van der Waals surface area contributed by atoms with E-state index in [0.717, 1.165) is 11.1 Å². The van der Waals surface area contributed by atoms with Gasteiger partial charge in [0.15, 0.2) is 0 Å². The van der Waals surface area contributed by atoms with Crippen molar-refractivity contribution in [3.8, 4) is 0 Å². The molecule has 0 aliphatic heterocycles. The van der Waals surface area contributed by atoms with Crippen molar-refractivity contribution in [2.45, 2.75) is 24.8 Å². The number of nitrogens with zero attached hydrogens (tertiary/aromatic N) is 1. The zero-order valence-electron chi connectivity index (χ0n) is 12.3. The first kappa shape index (κ1) is 15.5. The average Bonchev–Trinajstić information content (AvgIpc) is 2.49. The molecular weight excluding hydrogens is 286 g/mol. The summed E-state index contributed by atoms with van der Waals surface area (Å²) >= 11 is 0. The van der Waals surface area contributed by atoms with Crippen molar-refractivity contribution in [2.24, 2.45) is 0 Å². The Labute approximate surface area is 125 Å². The number of hydrogen-bond donors (Lipinski definition) is 2. The van der Waals surface area contributed by atoms with Crippen LogP contribution >= 0.6 is 0 Å². The molecule has 0 amide bonds. The summed E-state index contributed by atoms with van der Waals surface area (Å²) in [6.45, 7) is 3.87. The van der Waals surface area contributed by atoms with Crippen molar-refractivity contribution in [1.82, 2.24) is 10.3 Å². The fourth-order valence-corrected chi connectivity index (χ4v) is 2.91. The highest BCUT2D eigenvalue weighted by Crippen LogP contribution is 2.19. The molecule has 1 heterocycles. The van der Waals surface area contributed by atoms with E-state index in [-0.39, 0.29) is 10.9 Å². The lowest BCUT2D eigenvalue weighted by atomic mass is 10.1. The van der Waals surface area contributed by atoms with E-state index in [1.165, 1.54) is 0 Å². The van der Waals surface area contributed by atoms with Gasteiger partial charge in [-0.05, 0) is 50.2 Å². The summed E-state index contributed by atoms with van der Waals surface area (Å²) in [6.07, 6.45) is 1.62. The Bertz CT molecular complexity index is 712. The Morgan fingerprint density at radius 1 is 1.19 bits per heavy atom. The SMILES string of the molecule is CNC(C)c1cccc(S(=O)(=O)Nc2ccc(C)cn2)c1. The van der Waals surface area contributed by atoms with Crippen LogP contribution in [0.5, 0.6) is 0 Å². The highest BCUT2D eigenvalue weighted by Gasteiger charge is 2.16. The first-order valence-electron chi connectivity index (χ1n) is 6.65. The lowest BCUT2D eigenvalue weighted by Crippen LogP contribution is -2.16. The molecule has 5 nitrogen and oxygen atoms in total. The molecule has 2 N–H and O–H groups in total. The van der Waals surface area contributed by atoms with E-state index in [9.17, 15) is 8.42 Å². The number of nitrogens with one attached hydrogen (secondary N) is 2. The Morgan fingerprint density at radius 2 is 1.95 bits per heavy atom. The van der Waals surface area contributed by atoms with Gasteiger partial charge < -0.3 is 5.32 Å². The van der Waals surface area contributed by atoms with E-state index >= 15 is 0 Å². The lowest BCUT2D eigenvalue weighted by Gasteiger charge is -2.13. The van der Waals surface area contributed by atoms with Crippen LogP contribution in [0.3, 0.4) is 0 Å². The minimum atomic E-state index is -3.63. The second kappa shape index (κ2) is 6.24. The number of aryl methyl sites for hydroxylation is 1. The smallest absolute Gasteiger partial charge is 0.263 e. The maximum absolute atomic E-state index is 12.4. The van der Waals surface area contributed by atoms with E-state index in [4.69, 9.17) is 0 Å². The maximum Gasteiger partial charge on any atom is 0.263 e. The largest absolute Gasteiger partial charge is 0.313 e. The first-order chi connectivity index (χ1) is 9.92. The van der Waals surface area contributed by atoms with Crippen molar-refractivity contribution in [1.29, 1.82) is 0 Å². The van der Waals surface area contributed by atoms with Gasteiger partial charge in [0.25, 0.3) is 10.0 Å². The van der Waals surface area contributed by atoms with Crippen LogP contribution in [0.25, 0.3) is 0 Å². The Kier molecular flexibility index (Phi) is 4.59. The molecule has 0 saturated heterocycles. The summed E-state index contributed by atoms with van der Waals surface area (Å²) in [5.41, 5.74) is 1.89. The fourth-order valence-electron chi connectivity index (χ4n) is 1.84. The zero-order chi connectivity index (χ0) is 15.5. The maximum atomic E-state index is 12.4. The summed E-state index contributed by atoms with van der Waals surface area (Å²) in [4.78, 5) is 4.29. The molecule has 1 unspecified atom stereocenters. The van der Waals surface area contributed by atoms with Crippen LogP contribution in [0, 0.1) is 6.92 Å². The van der Waals surface area contributed by atoms with Gasteiger partial charge in [0.2, 0.25) is 0 Å². The molecule has 1 aromatic heterocycles. The van der Waals surface area contributed by atoms with Crippen molar-refractivity contribution in [2.75, 3.05) is 11.8 Å². The van der Waals surface area contributed by atoms with E-state index in [2.05, 4.69) is 15.0 Å². The second-order valence-electron chi connectivity index (χ2n) is 4.91. The molecular formula is C15H19N3O2S. The molecule has 112 valence electrons. The summed E-state index contributed by atoms with van der Waals surface area (Å²) < 4.78 is 27.2. The molecule has 0 aliphatic rings. The van der Waals surface area contributed by atoms with Gasteiger partial charge in [-0.1, -0.05) is 18.2 Å². The highest BCUT2D eigenvalue weighted by molar-refractivity contribution is 7.92. The molecule has 0 fully saturated rings. The summed E-state index contributed by atoms with van der Waals surface area (Å²) in [7, 11) is -1.80. The number of aromatic nitrogens is 1. The van der Waals surface area contributed by atoms with Gasteiger partial charge in [-0.15, -0.1) is 0 Å². The quantitative estimate of drug-likeness (QED) is 0.890. The molecule has 2 rings (SSSR count). The second-order valence-corrected chi connectivity index (χ2v) is 6.59. The van der Waals surface area contributed by atoms with Crippen LogP contribution < -0.4 is 10.0 Å². The lowest BCUT2D eigenvalue weighted by molar-refractivity contribution is 0.600. The molecule has 0 radical (unpaired) electrons. The normalized spacial score (nSPS) is 12.9. The summed E-state index contributed by atoms with van der Waals surface area (Å²) in [5, 5.41) is 3.09. The molecule has 0 spiro atoms. The molecule has 21 heavy (non-hydrogen) atoms. The monoisotopic (exact) mass is 305 g/mol. The van der Waals surface area contributed by atoms with Crippen LogP contribution in [-0.4, -0.2) is 20.4 Å². The predicted octanol–water partition coefficient (Wildman–Crippen LogP) is 2.47. The predicted molar refractivity (Wildman–Crippen MR) is 83.7 cm³/mol. The van der Waals surface area contributed by atoms with Gasteiger partial charge in [-0.3, -0.25) is 4.72 Å². The third-order valence-corrected chi connectivity index (χ3v) is 4.60. The Morgan fingerprint density at radius 3 is 2.57 bits per heavy atom. The van der Waals surface area contributed by atoms with Gasteiger partial charge in [-0.25, -0.2) is 13.4 Å². The molecule has 0 saturated carbocycles. The molecule has 1 atom stereocenters. The summed E-state index contributed by atoms with van der Waals surface area (Å²) in [5.74, 6) is 0.313. The molecule has 0 bridgehead atoms. The van der Waals surface area contributed by atoms with E-state index in [1.54, 1.807) is 30.5 Å². The van der Waals surface area contributed by atoms with Crippen LogP contribution in [-0.2, 0) is 10.0 Å². The molecule has 2 aromatic rings. The third-order valence-electron chi connectivity index (χ3n) is 3.25. The van der Waals surface area contributed by atoms with Gasteiger partial charge in [0.05, 0.1) is 4.90 Å².